The van der Waals surface area contributed by atoms with E-state index in [-0.39, 0.29) is 5.91 Å². The molecule has 4 rings (SSSR count). The minimum atomic E-state index is 0.0120. The summed E-state index contributed by atoms with van der Waals surface area (Å²) in [5, 5.41) is 11.5. The first-order chi connectivity index (χ1) is 15.6. The van der Waals surface area contributed by atoms with Crippen LogP contribution < -0.4 is 10.2 Å². The molecule has 2 heterocycles. The Bertz CT molecular complexity index is 1230. The van der Waals surface area contributed by atoms with Gasteiger partial charge < -0.3 is 10.2 Å². The maximum Gasteiger partial charge on any atom is 0.225 e. The molecule has 7 heteroatoms. The Morgan fingerprint density at radius 1 is 1.09 bits per heavy atom. The molecule has 0 spiro atoms. The van der Waals surface area contributed by atoms with Crippen molar-refractivity contribution in [3.63, 3.8) is 0 Å². The average Bonchev–Trinajstić information content (AvgIpc) is 3.21. The van der Waals surface area contributed by atoms with Crippen LogP contribution in [0.3, 0.4) is 0 Å². The van der Waals surface area contributed by atoms with Crippen molar-refractivity contribution < 1.29 is 4.79 Å². The zero-order valence-corrected chi connectivity index (χ0v) is 18.9. The highest BCUT2D eigenvalue weighted by atomic mass is 32.2. The van der Waals surface area contributed by atoms with E-state index in [1.165, 1.54) is 0 Å². The third-order valence-corrected chi connectivity index (χ3v) is 5.90. The number of H-pyrrole nitrogens is 1. The van der Waals surface area contributed by atoms with Crippen LogP contribution in [0.4, 0.5) is 11.4 Å². The molecule has 2 aromatic heterocycles. The molecule has 0 aliphatic carbocycles. The lowest BCUT2D eigenvalue weighted by Gasteiger charge is -2.14. The van der Waals surface area contributed by atoms with Crippen molar-refractivity contribution in [1.29, 1.82) is 0 Å². The molecule has 1 amide bonds. The number of aromatic amines is 1. The van der Waals surface area contributed by atoms with Gasteiger partial charge in [0.05, 0.1) is 16.9 Å². The van der Waals surface area contributed by atoms with E-state index in [9.17, 15) is 4.79 Å². The molecule has 0 saturated carbocycles. The second-order valence-corrected chi connectivity index (χ2v) is 8.66. The van der Waals surface area contributed by atoms with Crippen molar-refractivity contribution in [1.82, 2.24) is 15.2 Å². The van der Waals surface area contributed by atoms with Crippen LogP contribution in [0.2, 0.25) is 0 Å². The van der Waals surface area contributed by atoms with Gasteiger partial charge in [-0.05, 0) is 60.7 Å². The standard InChI is InChI=1S/C25H25N5OS/c1-30(2)20-8-5-7-19(16-20)27-25(31)13-15-32-21-10-11-22-23(28-29-24(22)17-21)12-9-18-6-3-4-14-26-18/h3-12,14,16-17H,13,15H2,1-2H3,(H,27,31)(H,28,29)/b12-9+. The van der Waals surface area contributed by atoms with Gasteiger partial charge in [-0.3, -0.25) is 14.9 Å². The molecule has 0 bridgehead atoms. The summed E-state index contributed by atoms with van der Waals surface area (Å²) in [5.41, 5.74) is 4.61. The number of carbonyl (C=O) groups is 1. The van der Waals surface area contributed by atoms with E-state index in [1.807, 2.05) is 73.6 Å². The van der Waals surface area contributed by atoms with Gasteiger partial charge in [0.25, 0.3) is 0 Å². The third kappa shape index (κ3) is 5.56. The lowest BCUT2D eigenvalue weighted by atomic mass is 10.2. The van der Waals surface area contributed by atoms with Crippen LogP contribution in [0, 0.1) is 0 Å². The van der Waals surface area contributed by atoms with E-state index in [1.54, 1.807) is 18.0 Å². The predicted octanol–water partition coefficient (Wildman–Crippen LogP) is 5.32. The zero-order valence-electron chi connectivity index (χ0n) is 18.1. The quantitative estimate of drug-likeness (QED) is 0.361. The maximum atomic E-state index is 12.3. The SMILES string of the molecule is CN(C)c1cccc(NC(=O)CCSc2ccc3c(/C=C/c4ccccn4)n[nH]c3c2)c1. The van der Waals surface area contributed by atoms with Crippen LogP contribution >= 0.6 is 11.8 Å². The maximum absolute atomic E-state index is 12.3. The molecule has 0 saturated heterocycles. The first-order valence-corrected chi connectivity index (χ1v) is 11.3. The number of amides is 1. The number of nitrogens with zero attached hydrogens (tertiary/aromatic N) is 3. The van der Waals surface area contributed by atoms with Gasteiger partial charge in [-0.2, -0.15) is 5.10 Å². The Kier molecular flexibility index (Phi) is 6.87. The fraction of sp³-hybridized carbons (Fsp3) is 0.160. The summed E-state index contributed by atoms with van der Waals surface area (Å²) in [6.45, 7) is 0. The number of hydrogen-bond donors (Lipinski definition) is 2. The molecule has 0 unspecified atom stereocenters. The van der Waals surface area contributed by atoms with Gasteiger partial charge in [0.2, 0.25) is 5.91 Å². The largest absolute Gasteiger partial charge is 0.378 e. The smallest absolute Gasteiger partial charge is 0.225 e. The molecule has 2 aromatic carbocycles. The molecule has 0 radical (unpaired) electrons. The second-order valence-electron chi connectivity index (χ2n) is 7.50. The first kappa shape index (κ1) is 21.6. The molecule has 4 aromatic rings. The van der Waals surface area contributed by atoms with Gasteiger partial charge in [0, 0.05) is 54.1 Å². The Labute approximate surface area is 191 Å². The number of thioether (sulfide) groups is 1. The summed E-state index contributed by atoms with van der Waals surface area (Å²) in [6.07, 6.45) is 6.12. The highest BCUT2D eigenvalue weighted by Gasteiger charge is 2.07. The van der Waals surface area contributed by atoms with Gasteiger partial charge in [-0.15, -0.1) is 11.8 Å². The van der Waals surface area contributed by atoms with E-state index < -0.39 is 0 Å². The summed E-state index contributed by atoms with van der Waals surface area (Å²) >= 11 is 1.66. The molecule has 6 nitrogen and oxygen atoms in total. The van der Waals surface area contributed by atoms with Crippen molar-refractivity contribution in [2.24, 2.45) is 0 Å². The van der Waals surface area contributed by atoms with Crippen LogP contribution in [0.5, 0.6) is 0 Å². The number of carbonyl (C=O) groups excluding carboxylic acids is 1. The number of anilines is 2. The van der Waals surface area contributed by atoms with Crippen LogP contribution in [0.15, 0.2) is 71.8 Å². The van der Waals surface area contributed by atoms with Crippen molar-refractivity contribution in [2.45, 2.75) is 11.3 Å². The zero-order chi connectivity index (χ0) is 22.3. The number of aromatic nitrogens is 3. The Hall–Kier alpha value is -3.58. The molecule has 0 aliphatic rings. The summed E-state index contributed by atoms with van der Waals surface area (Å²) in [4.78, 5) is 19.7. The summed E-state index contributed by atoms with van der Waals surface area (Å²) in [6, 6.07) is 19.8. The number of nitrogens with one attached hydrogen (secondary N) is 2. The fourth-order valence-corrected chi connectivity index (χ4v) is 4.11. The highest BCUT2D eigenvalue weighted by molar-refractivity contribution is 7.99. The number of hydrogen-bond acceptors (Lipinski definition) is 5. The van der Waals surface area contributed by atoms with E-state index in [0.29, 0.717) is 12.2 Å². The van der Waals surface area contributed by atoms with Gasteiger partial charge in [-0.25, -0.2) is 0 Å². The summed E-state index contributed by atoms with van der Waals surface area (Å²) in [7, 11) is 3.96. The number of pyridine rings is 1. The normalized spacial score (nSPS) is 11.2. The van der Waals surface area contributed by atoms with E-state index in [0.717, 1.165) is 38.6 Å². The highest BCUT2D eigenvalue weighted by Crippen LogP contribution is 2.26. The van der Waals surface area contributed by atoms with E-state index in [2.05, 4.69) is 38.7 Å². The Balaban J connectivity index is 1.32. The monoisotopic (exact) mass is 443 g/mol. The molecular formula is C25H25N5OS. The average molecular weight is 444 g/mol. The summed E-state index contributed by atoms with van der Waals surface area (Å²) < 4.78 is 0. The van der Waals surface area contributed by atoms with Gasteiger partial charge in [0.15, 0.2) is 0 Å². The number of fused-ring (bicyclic) bond motifs is 1. The van der Waals surface area contributed by atoms with Gasteiger partial charge in [-0.1, -0.05) is 12.1 Å². The molecule has 0 fully saturated rings. The Morgan fingerprint density at radius 2 is 2.00 bits per heavy atom. The number of rotatable bonds is 8. The third-order valence-electron chi connectivity index (χ3n) is 4.91. The van der Waals surface area contributed by atoms with E-state index in [4.69, 9.17) is 0 Å². The van der Waals surface area contributed by atoms with Crippen molar-refractivity contribution in [2.75, 3.05) is 30.1 Å². The van der Waals surface area contributed by atoms with Crippen LogP contribution in [0.1, 0.15) is 17.8 Å². The van der Waals surface area contributed by atoms with Crippen molar-refractivity contribution in [3.05, 3.63) is 78.2 Å². The molecule has 0 atom stereocenters. The van der Waals surface area contributed by atoms with Crippen molar-refractivity contribution in [3.8, 4) is 0 Å². The first-order valence-electron chi connectivity index (χ1n) is 10.4. The van der Waals surface area contributed by atoms with Gasteiger partial charge >= 0.3 is 0 Å². The topological polar surface area (TPSA) is 73.9 Å². The predicted molar refractivity (Wildman–Crippen MR) is 134 cm³/mol. The molecular weight excluding hydrogens is 418 g/mol. The van der Waals surface area contributed by atoms with Crippen LogP contribution in [-0.4, -0.2) is 40.9 Å². The second kappa shape index (κ2) is 10.2. The molecule has 162 valence electrons. The molecule has 0 aliphatic heterocycles. The van der Waals surface area contributed by atoms with Crippen molar-refractivity contribution >= 4 is 52.1 Å². The van der Waals surface area contributed by atoms with Gasteiger partial charge in [0.1, 0.15) is 0 Å². The molecule has 32 heavy (non-hydrogen) atoms. The Morgan fingerprint density at radius 3 is 2.81 bits per heavy atom. The van der Waals surface area contributed by atoms with Crippen LogP contribution in [-0.2, 0) is 4.79 Å². The number of benzene rings is 2. The van der Waals surface area contributed by atoms with E-state index >= 15 is 0 Å². The lowest BCUT2D eigenvalue weighted by molar-refractivity contribution is -0.115. The fourth-order valence-electron chi connectivity index (χ4n) is 3.22. The minimum absolute atomic E-state index is 0.0120. The van der Waals surface area contributed by atoms with Crippen LogP contribution in [0.25, 0.3) is 23.1 Å². The lowest BCUT2D eigenvalue weighted by Crippen LogP contribution is -2.13. The summed E-state index contributed by atoms with van der Waals surface area (Å²) in [5.74, 6) is 0.712. The minimum Gasteiger partial charge on any atom is -0.378 e. The molecule has 2 N–H and O–H groups in total.